The first kappa shape index (κ1) is 25.4. The van der Waals surface area contributed by atoms with Crippen LogP contribution in [0.1, 0.15) is 15.9 Å². The highest BCUT2D eigenvalue weighted by atomic mass is 16.5. The van der Waals surface area contributed by atoms with Crippen molar-refractivity contribution in [3.63, 3.8) is 0 Å². The average Bonchev–Trinajstić information content (AvgIpc) is 2.92. The second-order valence-corrected chi connectivity index (χ2v) is 7.92. The summed E-state index contributed by atoms with van der Waals surface area (Å²) in [5.41, 5.74) is 1.69. The Morgan fingerprint density at radius 2 is 1.38 bits per heavy atom. The van der Waals surface area contributed by atoms with Gasteiger partial charge in [-0.25, -0.2) is 9.59 Å². The Bertz CT molecular complexity index is 1510. The van der Waals surface area contributed by atoms with Crippen molar-refractivity contribution in [1.82, 2.24) is 0 Å². The molecule has 0 aliphatic rings. The maximum atomic E-state index is 13.0. The molecule has 0 aliphatic heterocycles. The van der Waals surface area contributed by atoms with E-state index in [1.165, 1.54) is 47.7 Å². The van der Waals surface area contributed by atoms with Gasteiger partial charge in [-0.15, -0.1) is 0 Å². The van der Waals surface area contributed by atoms with Crippen LogP contribution >= 0.6 is 0 Å². The Hall–Kier alpha value is -4.66. The van der Waals surface area contributed by atoms with Gasteiger partial charge < -0.3 is 32.8 Å². The number of ether oxygens (including phenoxy) is 6. The number of methoxy groups -OCH3 is 5. The maximum absolute atomic E-state index is 13.0. The van der Waals surface area contributed by atoms with Gasteiger partial charge in [-0.1, -0.05) is 6.07 Å². The third-order valence-electron chi connectivity index (χ3n) is 5.92. The van der Waals surface area contributed by atoms with Crippen molar-refractivity contribution in [2.24, 2.45) is 0 Å². The van der Waals surface area contributed by atoms with Crippen LogP contribution in [-0.2, 0) is 0 Å². The summed E-state index contributed by atoms with van der Waals surface area (Å²) < 4.78 is 37.8. The van der Waals surface area contributed by atoms with Crippen LogP contribution in [0, 0.1) is 6.92 Å². The molecule has 4 aromatic rings. The summed E-state index contributed by atoms with van der Waals surface area (Å²) in [6.07, 6.45) is 0. The lowest BCUT2D eigenvalue weighted by Gasteiger charge is -2.14. The summed E-state index contributed by atoms with van der Waals surface area (Å²) in [5, 5.41) is 0.611. The predicted octanol–water partition coefficient (Wildman–Crippen LogP) is 5.03. The molecule has 0 saturated carbocycles. The van der Waals surface area contributed by atoms with Crippen molar-refractivity contribution in [2.45, 2.75) is 6.92 Å². The van der Waals surface area contributed by atoms with E-state index in [9.17, 15) is 9.59 Å². The van der Waals surface area contributed by atoms with Crippen LogP contribution in [0.4, 0.5) is 0 Å². The van der Waals surface area contributed by atoms with Gasteiger partial charge in [0.25, 0.3) is 0 Å². The van der Waals surface area contributed by atoms with Crippen LogP contribution in [0.15, 0.2) is 57.7 Å². The Kier molecular flexibility index (Phi) is 7.24. The molecule has 1 heterocycles. The van der Waals surface area contributed by atoms with E-state index in [1.54, 1.807) is 43.3 Å². The lowest BCUT2D eigenvalue weighted by atomic mass is 9.99. The summed E-state index contributed by atoms with van der Waals surface area (Å²) in [5.74, 6) is 1.66. The Morgan fingerprint density at radius 3 is 1.97 bits per heavy atom. The maximum Gasteiger partial charge on any atom is 0.344 e. The summed E-state index contributed by atoms with van der Waals surface area (Å²) >= 11 is 0. The van der Waals surface area contributed by atoms with Crippen LogP contribution in [0.3, 0.4) is 0 Å². The van der Waals surface area contributed by atoms with E-state index in [-0.39, 0.29) is 11.3 Å². The smallest absolute Gasteiger partial charge is 0.344 e. The third-order valence-corrected chi connectivity index (χ3v) is 5.92. The summed E-state index contributed by atoms with van der Waals surface area (Å²) in [7, 11) is 7.45. The molecule has 0 radical (unpaired) electrons. The molecule has 3 aromatic carbocycles. The van der Waals surface area contributed by atoms with Gasteiger partial charge in [0.2, 0.25) is 5.75 Å². The van der Waals surface area contributed by atoms with E-state index < -0.39 is 11.6 Å². The van der Waals surface area contributed by atoms with Gasteiger partial charge in [0.15, 0.2) is 23.0 Å². The molecule has 9 nitrogen and oxygen atoms in total. The highest BCUT2D eigenvalue weighted by Crippen LogP contribution is 2.39. The van der Waals surface area contributed by atoms with Crippen LogP contribution in [-0.4, -0.2) is 41.5 Å². The van der Waals surface area contributed by atoms with E-state index in [0.29, 0.717) is 56.4 Å². The standard InChI is InChI=1S/C28H26O9/c1-15-19-14-18(36-27(29)17-12-23(33-4)26(35-6)24(13-17)34-5)8-10-20(19)37-28(30)25(15)16-7-9-21(31-2)22(11-16)32-3/h7-14H,1-6H3. The molecule has 4 rings (SSSR count). The molecule has 37 heavy (non-hydrogen) atoms. The summed E-state index contributed by atoms with van der Waals surface area (Å²) in [4.78, 5) is 25.8. The van der Waals surface area contributed by atoms with Crippen molar-refractivity contribution >= 4 is 16.9 Å². The van der Waals surface area contributed by atoms with Crippen LogP contribution < -0.4 is 34.0 Å². The van der Waals surface area contributed by atoms with E-state index in [2.05, 4.69) is 0 Å². The quantitative estimate of drug-likeness (QED) is 0.185. The highest BCUT2D eigenvalue weighted by molar-refractivity contribution is 5.94. The van der Waals surface area contributed by atoms with Gasteiger partial charge in [0.1, 0.15) is 11.3 Å². The first-order valence-electron chi connectivity index (χ1n) is 11.2. The molecule has 1 aromatic heterocycles. The fraction of sp³-hybridized carbons (Fsp3) is 0.214. The number of esters is 1. The molecule has 0 unspecified atom stereocenters. The normalized spacial score (nSPS) is 10.6. The number of aryl methyl sites for hydroxylation is 1. The molecule has 0 amide bonds. The van der Waals surface area contributed by atoms with Crippen LogP contribution in [0.2, 0.25) is 0 Å². The Morgan fingerprint density at radius 1 is 0.730 bits per heavy atom. The number of hydrogen-bond acceptors (Lipinski definition) is 9. The van der Waals surface area contributed by atoms with E-state index >= 15 is 0 Å². The first-order valence-corrected chi connectivity index (χ1v) is 11.2. The van der Waals surface area contributed by atoms with Crippen molar-refractivity contribution < 1.29 is 37.6 Å². The van der Waals surface area contributed by atoms with Gasteiger partial charge in [0.05, 0.1) is 46.7 Å². The molecule has 0 atom stereocenters. The number of benzene rings is 3. The molecule has 0 saturated heterocycles. The lowest BCUT2D eigenvalue weighted by Crippen LogP contribution is -2.10. The van der Waals surface area contributed by atoms with Crippen molar-refractivity contribution in [2.75, 3.05) is 35.5 Å². The minimum atomic E-state index is -0.631. The van der Waals surface area contributed by atoms with Gasteiger partial charge in [-0.3, -0.25) is 0 Å². The molecule has 9 heteroatoms. The highest BCUT2D eigenvalue weighted by Gasteiger charge is 2.20. The number of hydrogen-bond donors (Lipinski definition) is 0. The molecular formula is C28H26O9. The van der Waals surface area contributed by atoms with Gasteiger partial charge >= 0.3 is 11.6 Å². The second-order valence-electron chi connectivity index (χ2n) is 7.92. The van der Waals surface area contributed by atoms with E-state index in [0.717, 1.165) is 0 Å². The largest absolute Gasteiger partial charge is 0.493 e. The molecule has 0 bridgehead atoms. The second kappa shape index (κ2) is 10.5. The molecular weight excluding hydrogens is 480 g/mol. The van der Waals surface area contributed by atoms with Gasteiger partial charge in [-0.05, 0) is 60.5 Å². The lowest BCUT2D eigenvalue weighted by molar-refractivity contribution is 0.0734. The van der Waals surface area contributed by atoms with Crippen LogP contribution in [0.5, 0.6) is 34.5 Å². The zero-order chi connectivity index (χ0) is 26.7. The predicted molar refractivity (Wildman–Crippen MR) is 137 cm³/mol. The SMILES string of the molecule is COc1ccc(-c2c(C)c3cc(OC(=O)c4cc(OC)c(OC)c(OC)c4)ccc3oc2=O)cc1OC. The monoisotopic (exact) mass is 506 g/mol. The number of fused-ring (bicyclic) bond motifs is 1. The topological polar surface area (TPSA) is 103 Å². The fourth-order valence-corrected chi connectivity index (χ4v) is 4.08. The molecule has 192 valence electrons. The number of rotatable bonds is 8. The molecule has 0 fully saturated rings. The Balaban J connectivity index is 1.74. The summed E-state index contributed by atoms with van der Waals surface area (Å²) in [6, 6.07) is 13.0. The number of carbonyl (C=O) groups is 1. The van der Waals surface area contributed by atoms with Crippen molar-refractivity contribution in [3.8, 4) is 45.6 Å². The minimum Gasteiger partial charge on any atom is -0.493 e. The van der Waals surface area contributed by atoms with Crippen LogP contribution in [0.25, 0.3) is 22.1 Å². The summed E-state index contributed by atoms with van der Waals surface area (Å²) in [6.45, 7) is 1.80. The van der Waals surface area contributed by atoms with Crippen molar-refractivity contribution in [3.05, 3.63) is 70.1 Å². The Labute approximate surface area is 213 Å². The molecule has 0 N–H and O–H groups in total. The fourth-order valence-electron chi connectivity index (χ4n) is 4.08. The van der Waals surface area contributed by atoms with Gasteiger partial charge in [0, 0.05) is 5.39 Å². The van der Waals surface area contributed by atoms with E-state index in [1.807, 2.05) is 0 Å². The van der Waals surface area contributed by atoms with Crippen molar-refractivity contribution in [1.29, 1.82) is 0 Å². The third kappa shape index (κ3) is 4.75. The number of carbonyl (C=O) groups excluding carboxylic acids is 1. The minimum absolute atomic E-state index is 0.205. The zero-order valence-electron chi connectivity index (χ0n) is 21.3. The average molecular weight is 507 g/mol. The van der Waals surface area contributed by atoms with Gasteiger partial charge in [-0.2, -0.15) is 0 Å². The molecule has 0 aliphatic carbocycles. The first-order chi connectivity index (χ1) is 17.8. The zero-order valence-corrected chi connectivity index (χ0v) is 21.3. The van der Waals surface area contributed by atoms with E-state index in [4.69, 9.17) is 32.8 Å². The molecule has 0 spiro atoms.